The van der Waals surface area contributed by atoms with Crippen LogP contribution >= 0.6 is 11.8 Å². The minimum Gasteiger partial charge on any atom is -0.443 e. The van der Waals surface area contributed by atoms with Crippen LogP contribution in [0.4, 0.5) is 14.9 Å². The molecule has 0 aliphatic carbocycles. The Morgan fingerprint density at radius 2 is 1.58 bits per heavy atom. The Labute approximate surface area is 223 Å². The molecule has 0 N–H and O–H groups in total. The minimum atomic E-state index is -1.35. The number of anilines is 1. The molecule has 0 bridgehead atoms. The normalized spacial score (nSPS) is 22.9. The fourth-order valence-electron chi connectivity index (χ4n) is 5.33. The van der Waals surface area contributed by atoms with Crippen LogP contribution in [0.25, 0.3) is 6.08 Å². The molecule has 0 aromatic heterocycles. The highest BCUT2D eigenvalue weighted by Gasteiger charge is 2.63. The van der Waals surface area contributed by atoms with Crippen LogP contribution in [0.2, 0.25) is 0 Å². The number of halogens is 1. The molecular weight excluding hydrogens is 497 g/mol. The van der Waals surface area contributed by atoms with Crippen LogP contribution in [0.1, 0.15) is 29.2 Å². The summed E-state index contributed by atoms with van der Waals surface area (Å²) in [6.07, 6.45) is 2.56. The third kappa shape index (κ3) is 3.54. The molecule has 3 heterocycles. The van der Waals surface area contributed by atoms with E-state index in [4.69, 9.17) is 9.84 Å². The van der Waals surface area contributed by atoms with Crippen LogP contribution in [0.15, 0.2) is 119 Å². The van der Waals surface area contributed by atoms with Crippen molar-refractivity contribution in [3.63, 3.8) is 0 Å². The molecule has 3 aliphatic heterocycles. The predicted octanol–water partition coefficient (Wildman–Crippen LogP) is 7.44. The maximum absolute atomic E-state index is 13.8. The zero-order valence-corrected chi connectivity index (χ0v) is 21.0. The Morgan fingerprint density at radius 3 is 2.34 bits per heavy atom. The number of hydrogen-bond donors (Lipinski definition) is 0. The largest absolute Gasteiger partial charge is 0.443 e. The molecule has 1 amide bonds. The summed E-state index contributed by atoms with van der Waals surface area (Å²) in [5.41, 5.74) is 4.44. The van der Waals surface area contributed by atoms with Crippen LogP contribution < -0.4 is 9.64 Å². The average Bonchev–Trinajstić information content (AvgIpc) is 3.52. The minimum absolute atomic E-state index is 0.149. The number of benzene rings is 4. The highest BCUT2D eigenvalue weighted by molar-refractivity contribution is 8.17. The zero-order valence-electron chi connectivity index (χ0n) is 20.2. The molecule has 38 heavy (non-hydrogen) atoms. The summed E-state index contributed by atoms with van der Waals surface area (Å²) in [6, 6.07) is 33.6. The molecule has 0 saturated carbocycles. The van der Waals surface area contributed by atoms with E-state index in [1.807, 2.05) is 77.8 Å². The van der Waals surface area contributed by atoms with E-state index in [0.29, 0.717) is 22.8 Å². The van der Waals surface area contributed by atoms with Gasteiger partial charge < -0.3 is 4.74 Å². The Hall–Kier alpha value is -4.36. The topological polar surface area (TPSA) is 45.1 Å². The smallest absolute Gasteiger partial charge is 0.321 e. The van der Waals surface area contributed by atoms with E-state index in [9.17, 15) is 9.18 Å². The number of nitrogens with zero attached hydrogens (tertiary/aromatic N) is 3. The number of hydrazone groups is 1. The standard InChI is InChI=1S/C31H22FN3O2S/c32-23-17-15-21(16-18-23)19-29-31(34(30(36)38-29)24-11-5-2-6-12-24)35-27(25-13-7-8-14-28(25)37-31)20-26(33-35)22-9-3-1-4-10-22/h1-19,27H,20H2/b29-19-. The second kappa shape index (κ2) is 8.89. The van der Waals surface area contributed by atoms with E-state index in [-0.39, 0.29) is 17.1 Å². The number of para-hydroxylation sites is 2. The molecular formula is C31H22FN3O2S. The number of fused-ring (bicyclic) bond motifs is 4. The maximum atomic E-state index is 13.8. The van der Waals surface area contributed by atoms with Gasteiger partial charge in [0.15, 0.2) is 0 Å². The SMILES string of the molecule is O=C1S/C(=C\c2ccc(F)cc2)C2(Oc3ccccc3C3CC(c4ccccc4)=NN32)N1c1ccccc1. The van der Waals surface area contributed by atoms with Crippen molar-refractivity contribution in [2.75, 3.05) is 4.90 Å². The zero-order chi connectivity index (χ0) is 25.7. The first kappa shape index (κ1) is 22.8. The van der Waals surface area contributed by atoms with Gasteiger partial charge in [0.1, 0.15) is 11.6 Å². The van der Waals surface area contributed by atoms with Crippen molar-refractivity contribution in [2.24, 2.45) is 5.10 Å². The molecule has 7 rings (SSSR count). The number of thioether (sulfide) groups is 1. The lowest BCUT2D eigenvalue weighted by Crippen LogP contribution is -2.63. The van der Waals surface area contributed by atoms with Gasteiger partial charge in [-0.05, 0) is 59.3 Å². The van der Waals surface area contributed by atoms with E-state index in [1.165, 1.54) is 12.1 Å². The summed E-state index contributed by atoms with van der Waals surface area (Å²) in [5.74, 6) is -0.963. The number of carbonyl (C=O) groups excluding carboxylic acids is 1. The molecule has 1 saturated heterocycles. The van der Waals surface area contributed by atoms with Gasteiger partial charge in [0.05, 0.1) is 22.3 Å². The lowest BCUT2D eigenvalue weighted by molar-refractivity contribution is -0.0763. The van der Waals surface area contributed by atoms with Gasteiger partial charge in [-0.15, -0.1) is 0 Å². The molecule has 0 radical (unpaired) electrons. The van der Waals surface area contributed by atoms with Crippen LogP contribution in [0.3, 0.4) is 0 Å². The molecule has 1 fully saturated rings. The van der Waals surface area contributed by atoms with Crippen LogP contribution in [-0.2, 0) is 0 Å². The van der Waals surface area contributed by atoms with Crippen molar-refractivity contribution in [1.29, 1.82) is 0 Å². The summed E-state index contributed by atoms with van der Waals surface area (Å²) in [6.45, 7) is 0. The first-order valence-electron chi connectivity index (χ1n) is 12.4. The third-order valence-electron chi connectivity index (χ3n) is 7.04. The third-order valence-corrected chi connectivity index (χ3v) is 8.01. The van der Waals surface area contributed by atoms with Gasteiger partial charge >= 0.3 is 5.85 Å². The molecule has 7 heteroatoms. The first-order valence-corrected chi connectivity index (χ1v) is 13.2. The lowest BCUT2D eigenvalue weighted by atomic mass is 9.95. The van der Waals surface area contributed by atoms with E-state index >= 15 is 0 Å². The fraction of sp³-hybridized carbons (Fsp3) is 0.0968. The molecule has 4 aromatic carbocycles. The Balaban J connectivity index is 1.48. The van der Waals surface area contributed by atoms with Crippen LogP contribution in [0.5, 0.6) is 5.75 Å². The molecule has 2 unspecified atom stereocenters. The second-order valence-corrected chi connectivity index (χ2v) is 10.3. The second-order valence-electron chi connectivity index (χ2n) is 9.32. The number of amides is 1. The molecule has 186 valence electrons. The van der Waals surface area contributed by atoms with Gasteiger partial charge in [0.2, 0.25) is 0 Å². The summed E-state index contributed by atoms with van der Waals surface area (Å²) >= 11 is 1.11. The maximum Gasteiger partial charge on any atom is 0.321 e. The summed E-state index contributed by atoms with van der Waals surface area (Å²) < 4.78 is 20.6. The van der Waals surface area contributed by atoms with Crippen molar-refractivity contribution >= 4 is 34.5 Å². The van der Waals surface area contributed by atoms with Gasteiger partial charge in [-0.2, -0.15) is 5.10 Å². The van der Waals surface area contributed by atoms with E-state index in [1.54, 1.807) is 17.0 Å². The van der Waals surface area contributed by atoms with Crippen molar-refractivity contribution < 1.29 is 13.9 Å². The lowest BCUT2D eigenvalue weighted by Gasteiger charge is -2.49. The van der Waals surface area contributed by atoms with Crippen molar-refractivity contribution in [3.8, 4) is 5.75 Å². The summed E-state index contributed by atoms with van der Waals surface area (Å²) in [4.78, 5) is 16.1. The molecule has 2 atom stereocenters. The van der Waals surface area contributed by atoms with E-state index < -0.39 is 5.85 Å². The van der Waals surface area contributed by atoms with Gasteiger partial charge in [0, 0.05) is 12.0 Å². The Bertz CT molecular complexity index is 1590. The quantitative estimate of drug-likeness (QED) is 0.282. The van der Waals surface area contributed by atoms with Gasteiger partial charge in [-0.3, -0.25) is 4.79 Å². The van der Waals surface area contributed by atoms with E-state index in [0.717, 1.165) is 34.2 Å². The monoisotopic (exact) mass is 519 g/mol. The van der Waals surface area contributed by atoms with E-state index in [2.05, 4.69) is 18.2 Å². The summed E-state index contributed by atoms with van der Waals surface area (Å²) in [5, 5.41) is 6.91. The van der Waals surface area contributed by atoms with Crippen molar-refractivity contribution in [3.05, 3.63) is 137 Å². The van der Waals surface area contributed by atoms with Crippen LogP contribution in [0, 0.1) is 5.82 Å². The number of hydrogen-bond acceptors (Lipinski definition) is 5. The van der Waals surface area contributed by atoms with Crippen LogP contribution in [-0.4, -0.2) is 21.8 Å². The number of carbonyl (C=O) groups is 1. The molecule has 1 spiro atoms. The number of ether oxygens (including phenoxy) is 1. The Morgan fingerprint density at radius 1 is 0.895 bits per heavy atom. The highest BCUT2D eigenvalue weighted by Crippen LogP contribution is 2.57. The van der Waals surface area contributed by atoms with Crippen molar-refractivity contribution in [2.45, 2.75) is 18.3 Å². The summed E-state index contributed by atoms with van der Waals surface area (Å²) in [7, 11) is 0. The molecule has 3 aliphatic rings. The van der Waals surface area contributed by atoms with Gasteiger partial charge in [-0.25, -0.2) is 14.3 Å². The Kier molecular flexibility index (Phi) is 5.33. The fourth-order valence-corrected chi connectivity index (χ4v) is 6.39. The molecule has 5 nitrogen and oxygen atoms in total. The van der Waals surface area contributed by atoms with Crippen molar-refractivity contribution in [1.82, 2.24) is 5.01 Å². The van der Waals surface area contributed by atoms with Gasteiger partial charge in [0.25, 0.3) is 5.24 Å². The number of rotatable bonds is 3. The first-order chi connectivity index (χ1) is 18.6. The average molecular weight is 520 g/mol. The highest BCUT2D eigenvalue weighted by atomic mass is 32.2. The van der Waals surface area contributed by atoms with Gasteiger partial charge in [-0.1, -0.05) is 78.9 Å². The molecule has 4 aromatic rings. The predicted molar refractivity (Wildman–Crippen MR) is 148 cm³/mol.